The number of hydrogen-bond acceptors (Lipinski definition) is 3. The first kappa shape index (κ1) is 56.5. The Balaban J connectivity index is 2.18. The Morgan fingerprint density at radius 1 is 0.698 bits per heavy atom. The molecule has 0 aliphatic heterocycles. The van der Waals surface area contributed by atoms with Crippen LogP contribution in [-0.2, 0) is 13.6 Å². The summed E-state index contributed by atoms with van der Waals surface area (Å²) < 4.78 is 19.0. The minimum atomic E-state index is -3.07. The van der Waals surface area contributed by atoms with Gasteiger partial charge in [-0.25, -0.2) is 0 Å². The van der Waals surface area contributed by atoms with Crippen molar-refractivity contribution in [1.82, 2.24) is 0 Å². The van der Waals surface area contributed by atoms with Gasteiger partial charge in [0.1, 0.15) is 0 Å². The average molecular weight is 1060 g/mol. The fourth-order valence-corrected chi connectivity index (χ4v) is 22.5. The zero-order valence-corrected chi connectivity index (χ0v) is 49.6. The third kappa shape index (κ3) is 14.4. The third-order valence-electron chi connectivity index (χ3n) is 14.4. The summed E-state index contributed by atoms with van der Waals surface area (Å²) in [4.78, 5) is 0. The summed E-state index contributed by atoms with van der Waals surface area (Å²) in [5, 5.41) is 4.41. The van der Waals surface area contributed by atoms with Gasteiger partial charge in [0, 0.05) is 0 Å². The Morgan fingerprint density at radius 2 is 1.11 bits per heavy atom. The van der Waals surface area contributed by atoms with Gasteiger partial charge in [-0.15, -0.1) is 8.93 Å². The Kier molecular flexibility index (Phi) is 21.1. The van der Waals surface area contributed by atoms with E-state index in [-0.39, 0.29) is 65.6 Å². The molecule has 0 spiro atoms. The molecule has 0 fully saturated rings. The van der Waals surface area contributed by atoms with E-state index in [2.05, 4.69) is 263 Å². The average Bonchev–Trinajstić information content (AvgIpc) is 3.21. The number of hydrogen-bond donors (Lipinski definition) is 0. The Labute approximate surface area is 406 Å². The number of rotatable bonds is 23. The van der Waals surface area contributed by atoms with Crippen LogP contribution in [0.2, 0.25) is 36.3 Å². The number of benzene rings is 3. The van der Waals surface area contributed by atoms with Crippen molar-refractivity contribution in [2.75, 3.05) is 19.2 Å². The molecule has 10 atom stereocenters. The Morgan fingerprint density at radius 3 is 1.49 bits per heavy atom. The molecule has 0 bridgehead atoms. The molecule has 3 nitrogen and oxygen atoms in total. The topological polar surface area (TPSA) is 27.7 Å². The standard InChI is InChI=1S/C54H88IO3P3Si2/c1-19-20-30-42(3)51(56-40-60(14)59)46(7)52(58-63(17,18)54(11,12)13)44(5)38-41(2)37-43(4)50(57-62(15,16)53(8,9)10)45(6)39-61(55,47-31-24-21-25-32-47,48-33-26-22-27-34-48)49-35-28-23-29-36-49/h19-37,42-46,50-52H,1,38-40,59H2,2-18H3/b30-20-,41-37-/t42-,43-,44-,45-,46+,50+,51-,52+,60?/m0/s1. The van der Waals surface area contributed by atoms with Crippen molar-refractivity contribution in [3.05, 3.63) is 127 Å². The van der Waals surface area contributed by atoms with Crippen LogP contribution in [0, 0.1) is 29.6 Å². The van der Waals surface area contributed by atoms with E-state index in [9.17, 15) is 0 Å². The van der Waals surface area contributed by atoms with E-state index in [1.807, 2.05) is 6.08 Å². The van der Waals surface area contributed by atoms with Gasteiger partial charge < -0.3 is 0 Å². The van der Waals surface area contributed by atoms with Crippen LogP contribution in [0.15, 0.2) is 127 Å². The van der Waals surface area contributed by atoms with E-state index >= 15 is 0 Å². The predicted molar refractivity (Wildman–Crippen MR) is 304 cm³/mol. The van der Waals surface area contributed by atoms with E-state index in [1.54, 1.807) is 0 Å². The molecular weight excluding hydrogens is 973 g/mol. The SMILES string of the molecule is C=C/C=C\[C@H](C)[C@H](OCP(C)P)[C@@H](C)[C@H](O[Si](C)(C)C(C)(C)C)[C@@H](C)C/C(C)=C\[C@H](C)[C@@H](O[Si](C)(C)C(C)(C)C)[C@@H](C)CP(I)(c1ccccc1)(c1ccccc1)c1ccccc1. The second-order valence-electron chi connectivity index (χ2n) is 21.9. The van der Waals surface area contributed by atoms with Gasteiger partial charge in [-0.3, -0.25) is 0 Å². The molecule has 352 valence electrons. The summed E-state index contributed by atoms with van der Waals surface area (Å²) in [5.74, 6) is 1.12. The van der Waals surface area contributed by atoms with Crippen LogP contribution in [-0.4, -0.2) is 54.1 Å². The van der Waals surface area contributed by atoms with Crippen molar-refractivity contribution < 1.29 is 13.6 Å². The van der Waals surface area contributed by atoms with Crippen LogP contribution in [0.5, 0.6) is 0 Å². The minimum absolute atomic E-state index is 0.0212. The quantitative estimate of drug-likeness (QED) is 0.0311. The number of allylic oxidation sites excluding steroid dienone is 3. The van der Waals surface area contributed by atoms with Crippen molar-refractivity contribution in [2.45, 2.75) is 144 Å². The van der Waals surface area contributed by atoms with Gasteiger partial charge in [0.15, 0.2) is 0 Å². The first-order valence-electron chi connectivity index (χ1n) is 23.4. The molecule has 9 heteroatoms. The van der Waals surface area contributed by atoms with Crippen molar-refractivity contribution >= 4 is 75.4 Å². The monoisotopic (exact) mass is 1060 g/mol. The summed E-state index contributed by atoms with van der Waals surface area (Å²) in [6.07, 6.45) is 11.5. The van der Waals surface area contributed by atoms with Gasteiger partial charge in [0.25, 0.3) is 0 Å². The molecule has 0 N–H and O–H groups in total. The first-order chi connectivity index (χ1) is 29.1. The molecule has 3 rings (SSSR count). The summed E-state index contributed by atoms with van der Waals surface area (Å²) in [5.41, 5.74) is 1.40. The van der Waals surface area contributed by atoms with Crippen LogP contribution >= 0.6 is 42.8 Å². The molecule has 2 unspecified atom stereocenters. The summed E-state index contributed by atoms with van der Waals surface area (Å²) >= 11 is 2.97. The normalized spacial score (nSPS) is 18.7. The van der Waals surface area contributed by atoms with Crippen LogP contribution in [0.1, 0.15) is 89.5 Å². The molecule has 0 radical (unpaired) electrons. The summed E-state index contributed by atoms with van der Waals surface area (Å²) in [7, 11) is -1.64. The van der Waals surface area contributed by atoms with Gasteiger partial charge in [0.05, 0.1) is 6.35 Å². The molecule has 0 aromatic heterocycles. The summed E-state index contributed by atoms with van der Waals surface area (Å²) in [6, 6.07) is 34.1. The van der Waals surface area contributed by atoms with E-state index in [0.717, 1.165) is 18.9 Å². The van der Waals surface area contributed by atoms with Gasteiger partial charge in [-0.05, 0) is 6.66 Å². The molecular formula is C54H88IO3P3Si2. The van der Waals surface area contributed by atoms with Gasteiger partial charge in [-0.1, -0.05) is 60.1 Å². The molecule has 0 heterocycles. The van der Waals surface area contributed by atoms with Crippen molar-refractivity contribution in [3.63, 3.8) is 0 Å². The van der Waals surface area contributed by atoms with Crippen molar-refractivity contribution in [3.8, 4) is 0 Å². The predicted octanol–water partition coefficient (Wildman–Crippen LogP) is 16.2. The van der Waals surface area contributed by atoms with Crippen LogP contribution in [0.3, 0.4) is 0 Å². The molecule has 63 heavy (non-hydrogen) atoms. The molecule has 3 aromatic rings. The molecule has 0 saturated carbocycles. The maximum absolute atomic E-state index is 7.72. The van der Waals surface area contributed by atoms with E-state index in [4.69, 9.17) is 13.6 Å². The van der Waals surface area contributed by atoms with Gasteiger partial charge >= 0.3 is 327 Å². The molecule has 3 aromatic carbocycles. The fourth-order valence-electron chi connectivity index (χ4n) is 8.91. The molecule has 0 aliphatic carbocycles. The Hall–Kier alpha value is -0.786. The number of ether oxygens (including phenoxy) is 1. The van der Waals surface area contributed by atoms with Gasteiger partial charge in [-0.2, -0.15) is 0 Å². The fraction of sp³-hybridized carbons (Fsp3) is 0.556. The van der Waals surface area contributed by atoms with Gasteiger partial charge in [0.2, 0.25) is 0 Å². The van der Waals surface area contributed by atoms with Crippen molar-refractivity contribution in [1.29, 1.82) is 0 Å². The maximum atomic E-state index is 7.72. The van der Waals surface area contributed by atoms with Crippen LogP contribution in [0.25, 0.3) is 0 Å². The zero-order chi connectivity index (χ0) is 47.6. The second kappa shape index (κ2) is 23.5. The zero-order valence-electron chi connectivity index (χ0n) is 42.5. The van der Waals surface area contributed by atoms with E-state index in [1.165, 1.54) is 21.5 Å². The summed E-state index contributed by atoms with van der Waals surface area (Å²) in [6.45, 7) is 44.5. The Bertz CT molecular complexity index is 1810. The first-order valence-corrected chi connectivity index (χ1v) is 38.0. The molecule has 0 amide bonds. The molecule has 0 aliphatic rings. The van der Waals surface area contributed by atoms with Crippen molar-refractivity contribution in [2.24, 2.45) is 29.6 Å². The van der Waals surface area contributed by atoms with Crippen LogP contribution in [0.4, 0.5) is 0 Å². The van der Waals surface area contributed by atoms with E-state index < -0.39 is 20.9 Å². The number of halogens is 1. The van der Waals surface area contributed by atoms with Crippen LogP contribution < -0.4 is 15.9 Å². The second-order valence-corrected chi connectivity index (χ2v) is 46.5. The van der Waals surface area contributed by atoms with E-state index in [0.29, 0.717) is 0 Å². The molecule has 0 saturated heterocycles. The third-order valence-corrected chi connectivity index (χ3v) is 35.9.